The van der Waals surface area contributed by atoms with Crippen LogP contribution in [0.3, 0.4) is 0 Å². The van der Waals surface area contributed by atoms with E-state index in [4.69, 9.17) is 0 Å². The van der Waals surface area contributed by atoms with Crippen LogP contribution in [0.1, 0.15) is 23.7 Å². The molecule has 0 radical (unpaired) electrons. The van der Waals surface area contributed by atoms with Crippen LogP contribution in [-0.4, -0.2) is 24.5 Å². The number of benzene rings is 1. The zero-order valence-electron chi connectivity index (χ0n) is 9.52. The number of hydrogen-bond donors (Lipinski definition) is 2. The van der Waals surface area contributed by atoms with Gasteiger partial charge in [0.1, 0.15) is 0 Å². The first-order valence-corrected chi connectivity index (χ1v) is 7.36. The minimum absolute atomic E-state index is 0.0124. The van der Waals surface area contributed by atoms with Crippen LogP contribution < -0.4 is 10.6 Å². The van der Waals surface area contributed by atoms with Gasteiger partial charge in [0, 0.05) is 14.6 Å². The van der Waals surface area contributed by atoms with Gasteiger partial charge in [-0.3, -0.25) is 4.79 Å². The number of carbonyl (C=O) groups excluding carboxylic acids is 1. The monoisotopic (exact) mass is 408 g/mol. The van der Waals surface area contributed by atoms with E-state index in [-0.39, 0.29) is 11.4 Å². The predicted octanol–water partition coefficient (Wildman–Crippen LogP) is 2.54. The molecule has 1 unspecified atom stereocenters. The molecule has 92 valence electrons. The Morgan fingerprint density at radius 2 is 2.35 bits per heavy atom. The Bertz CT molecular complexity index is 444. The fourth-order valence-electron chi connectivity index (χ4n) is 1.94. The first kappa shape index (κ1) is 13.3. The van der Waals surface area contributed by atoms with E-state index in [1.807, 2.05) is 18.2 Å². The molecule has 1 heterocycles. The van der Waals surface area contributed by atoms with Crippen molar-refractivity contribution in [3.63, 3.8) is 0 Å². The SMILES string of the molecule is CC1(NC(=O)c2cc(I)ccc2Br)CCNC1. The van der Waals surface area contributed by atoms with E-state index in [2.05, 4.69) is 56.1 Å². The van der Waals surface area contributed by atoms with Gasteiger partial charge in [-0.2, -0.15) is 0 Å². The van der Waals surface area contributed by atoms with Gasteiger partial charge in [-0.05, 0) is 76.6 Å². The molecule has 1 saturated heterocycles. The van der Waals surface area contributed by atoms with Crippen molar-refractivity contribution in [2.45, 2.75) is 18.9 Å². The van der Waals surface area contributed by atoms with Gasteiger partial charge in [-0.25, -0.2) is 0 Å². The molecule has 2 N–H and O–H groups in total. The number of carbonyl (C=O) groups is 1. The summed E-state index contributed by atoms with van der Waals surface area (Å²) in [6.07, 6.45) is 0.973. The highest BCUT2D eigenvalue weighted by Gasteiger charge is 2.30. The molecule has 2 rings (SSSR count). The summed E-state index contributed by atoms with van der Waals surface area (Å²) in [5.74, 6) is -0.0124. The number of nitrogens with one attached hydrogen (secondary N) is 2. The van der Waals surface area contributed by atoms with Gasteiger partial charge >= 0.3 is 0 Å². The fourth-order valence-corrected chi connectivity index (χ4v) is 2.85. The largest absolute Gasteiger partial charge is 0.346 e. The molecular formula is C12H14BrIN2O. The summed E-state index contributed by atoms with van der Waals surface area (Å²) in [5.41, 5.74) is 0.572. The van der Waals surface area contributed by atoms with Crippen LogP contribution in [0.2, 0.25) is 0 Å². The van der Waals surface area contributed by atoms with Crippen LogP contribution in [-0.2, 0) is 0 Å². The first-order valence-electron chi connectivity index (χ1n) is 5.48. The second-order valence-electron chi connectivity index (χ2n) is 4.57. The van der Waals surface area contributed by atoms with Crippen molar-refractivity contribution < 1.29 is 4.79 Å². The standard InChI is InChI=1S/C12H14BrIN2O/c1-12(4-5-15-7-12)16-11(17)9-6-8(14)2-3-10(9)13/h2-3,6,15H,4-5,7H2,1H3,(H,16,17). The van der Waals surface area contributed by atoms with E-state index < -0.39 is 0 Å². The van der Waals surface area contributed by atoms with Crippen LogP contribution >= 0.6 is 38.5 Å². The molecule has 0 bridgehead atoms. The fraction of sp³-hybridized carbons (Fsp3) is 0.417. The summed E-state index contributed by atoms with van der Waals surface area (Å²) in [5, 5.41) is 6.37. The molecule has 1 aliphatic rings. The van der Waals surface area contributed by atoms with Crippen LogP contribution in [0.5, 0.6) is 0 Å². The summed E-state index contributed by atoms with van der Waals surface area (Å²) in [6.45, 7) is 3.87. The summed E-state index contributed by atoms with van der Waals surface area (Å²) in [4.78, 5) is 12.2. The summed E-state index contributed by atoms with van der Waals surface area (Å²) in [6, 6.07) is 5.78. The molecule has 0 spiro atoms. The highest BCUT2D eigenvalue weighted by Crippen LogP contribution is 2.21. The molecule has 1 fully saturated rings. The Morgan fingerprint density at radius 3 is 3.00 bits per heavy atom. The molecule has 17 heavy (non-hydrogen) atoms. The Balaban J connectivity index is 2.17. The van der Waals surface area contributed by atoms with Crippen molar-refractivity contribution in [2.75, 3.05) is 13.1 Å². The maximum atomic E-state index is 12.2. The number of halogens is 2. The molecule has 1 aromatic rings. The third kappa shape index (κ3) is 3.20. The van der Waals surface area contributed by atoms with E-state index in [1.54, 1.807) is 0 Å². The highest BCUT2D eigenvalue weighted by atomic mass is 127. The molecule has 0 aliphatic carbocycles. The maximum absolute atomic E-state index is 12.2. The second kappa shape index (κ2) is 5.24. The molecule has 5 heteroatoms. The minimum atomic E-state index is -0.127. The van der Waals surface area contributed by atoms with Crippen molar-refractivity contribution in [3.05, 3.63) is 31.8 Å². The zero-order chi connectivity index (χ0) is 12.5. The molecule has 1 amide bonds. The third-order valence-electron chi connectivity index (χ3n) is 2.96. The molecule has 0 aromatic heterocycles. The van der Waals surface area contributed by atoms with Gasteiger partial charge in [0.05, 0.1) is 11.1 Å². The smallest absolute Gasteiger partial charge is 0.252 e. The van der Waals surface area contributed by atoms with Gasteiger partial charge in [0.15, 0.2) is 0 Å². The van der Waals surface area contributed by atoms with E-state index in [0.29, 0.717) is 5.56 Å². The Labute approximate surface area is 123 Å². The summed E-state index contributed by atoms with van der Waals surface area (Å²) in [7, 11) is 0. The highest BCUT2D eigenvalue weighted by molar-refractivity contribution is 14.1. The zero-order valence-corrected chi connectivity index (χ0v) is 13.3. The maximum Gasteiger partial charge on any atom is 0.252 e. The van der Waals surface area contributed by atoms with Crippen molar-refractivity contribution >= 4 is 44.4 Å². The topological polar surface area (TPSA) is 41.1 Å². The average molecular weight is 409 g/mol. The van der Waals surface area contributed by atoms with E-state index in [0.717, 1.165) is 27.6 Å². The molecule has 1 atom stereocenters. The lowest BCUT2D eigenvalue weighted by atomic mass is 10.0. The third-order valence-corrected chi connectivity index (χ3v) is 4.32. The minimum Gasteiger partial charge on any atom is -0.346 e. The van der Waals surface area contributed by atoms with Crippen LogP contribution in [0.4, 0.5) is 0 Å². The quantitative estimate of drug-likeness (QED) is 0.738. The van der Waals surface area contributed by atoms with Crippen molar-refractivity contribution in [3.8, 4) is 0 Å². The van der Waals surface area contributed by atoms with Crippen molar-refractivity contribution in [1.82, 2.24) is 10.6 Å². The van der Waals surface area contributed by atoms with E-state index >= 15 is 0 Å². The lowest BCUT2D eigenvalue weighted by Gasteiger charge is -2.24. The van der Waals surface area contributed by atoms with E-state index in [9.17, 15) is 4.79 Å². The Hall–Kier alpha value is -0.140. The van der Waals surface area contributed by atoms with Crippen LogP contribution in [0, 0.1) is 3.57 Å². The van der Waals surface area contributed by atoms with Gasteiger partial charge in [-0.1, -0.05) is 0 Å². The lowest BCUT2D eigenvalue weighted by Crippen LogP contribution is -2.47. The van der Waals surface area contributed by atoms with Gasteiger partial charge < -0.3 is 10.6 Å². The van der Waals surface area contributed by atoms with Gasteiger partial charge in [0.2, 0.25) is 0 Å². The molecule has 1 aliphatic heterocycles. The second-order valence-corrected chi connectivity index (χ2v) is 6.67. The van der Waals surface area contributed by atoms with Crippen molar-refractivity contribution in [2.24, 2.45) is 0 Å². The number of hydrogen-bond acceptors (Lipinski definition) is 2. The van der Waals surface area contributed by atoms with Gasteiger partial charge in [0.25, 0.3) is 5.91 Å². The molecule has 0 saturated carbocycles. The van der Waals surface area contributed by atoms with Crippen LogP contribution in [0.25, 0.3) is 0 Å². The van der Waals surface area contributed by atoms with Crippen LogP contribution in [0.15, 0.2) is 22.7 Å². The van der Waals surface area contributed by atoms with E-state index in [1.165, 1.54) is 0 Å². The Morgan fingerprint density at radius 1 is 1.59 bits per heavy atom. The molecule has 3 nitrogen and oxygen atoms in total. The predicted molar refractivity (Wildman–Crippen MR) is 80.2 cm³/mol. The molecule has 1 aromatic carbocycles. The normalized spacial score (nSPS) is 23.7. The molecular weight excluding hydrogens is 395 g/mol. The van der Waals surface area contributed by atoms with Gasteiger partial charge in [-0.15, -0.1) is 0 Å². The number of amides is 1. The first-order chi connectivity index (χ1) is 8.00. The number of rotatable bonds is 2. The Kier molecular flexibility index (Phi) is 4.10. The van der Waals surface area contributed by atoms with Crippen molar-refractivity contribution in [1.29, 1.82) is 0 Å². The average Bonchev–Trinajstić information content (AvgIpc) is 2.68. The summed E-state index contributed by atoms with van der Waals surface area (Å²) < 4.78 is 1.90. The summed E-state index contributed by atoms with van der Waals surface area (Å²) >= 11 is 5.63. The lowest BCUT2D eigenvalue weighted by molar-refractivity contribution is 0.0912.